The van der Waals surface area contributed by atoms with Gasteiger partial charge in [-0.05, 0) is 25.0 Å². The molecule has 7 heteroatoms. The van der Waals surface area contributed by atoms with Crippen molar-refractivity contribution in [1.29, 1.82) is 0 Å². The van der Waals surface area contributed by atoms with E-state index in [2.05, 4.69) is 15.0 Å². The summed E-state index contributed by atoms with van der Waals surface area (Å²) in [4.78, 5) is 21.6. The predicted molar refractivity (Wildman–Crippen MR) is 67.2 cm³/mol. The van der Waals surface area contributed by atoms with Crippen LogP contribution in [0.2, 0.25) is 0 Å². The summed E-state index contributed by atoms with van der Waals surface area (Å²) >= 11 is 0. The second-order valence-electron chi connectivity index (χ2n) is 4.25. The van der Waals surface area contributed by atoms with Gasteiger partial charge in [0.2, 0.25) is 0 Å². The maximum atomic E-state index is 13.1. The van der Waals surface area contributed by atoms with E-state index in [1.165, 1.54) is 18.6 Å². The molecule has 0 aromatic carbocycles. The molecule has 0 radical (unpaired) electrons. The fraction of sp³-hybridized carbons (Fsp3) is 0.308. The minimum atomic E-state index is -4.70. The van der Waals surface area contributed by atoms with E-state index >= 15 is 0 Å². The summed E-state index contributed by atoms with van der Waals surface area (Å²) in [5.41, 5.74) is -1.29. The van der Waals surface area contributed by atoms with Gasteiger partial charge in [0.25, 0.3) is 5.56 Å². The third kappa shape index (κ3) is 2.43. The van der Waals surface area contributed by atoms with E-state index in [0.29, 0.717) is 17.0 Å². The highest BCUT2D eigenvalue weighted by molar-refractivity contribution is 5.67. The Morgan fingerprint density at radius 1 is 1.35 bits per heavy atom. The van der Waals surface area contributed by atoms with Crippen LogP contribution < -0.4 is 5.56 Å². The van der Waals surface area contributed by atoms with Crippen LogP contribution in [0.4, 0.5) is 13.2 Å². The monoisotopic (exact) mass is 283 g/mol. The van der Waals surface area contributed by atoms with Crippen molar-refractivity contribution in [2.24, 2.45) is 0 Å². The number of halogens is 3. The number of nitrogens with zero attached hydrogens (tertiary/aromatic N) is 2. The van der Waals surface area contributed by atoms with Gasteiger partial charge in [0.05, 0.1) is 5.69 Å². The summed E-state index contributed by atoms with van der Waals surface area (Å²) in [6.45, 7) is 3.13. The molecule has 2 aromatic heterocycles. The Morgan fingerprint density at radius 2 is 2.05 bits per heavy atom. The smallest absolute Gasteiger partial charge is 0.325 e. The summed E-state index contributed by atoms with van der Waals surface area (Å²) in [7, 11) is 0. The van der Waals surface area contributed by atoms with Crippen molar-refractivity contribution in [3.05, 3.63) is 45.8 Å². The van der Waals surface area contributed by atoms with Gasteiger partial charge >= 0.3 is 6.18 Å². The fourth-order valence-corrected chi connectivity index (χ4v) is 2.22. The molecule has 2 rings (SSSR count). The Kier molecular flexibility index (Phi) is 3.61. The van der Waals surface area contributed by atoms with Crippen LogP contribution in [0.25, 0.3) is 11.3 Å². The summed E-state index contributed by atoms with van der Waals surface area (Å²) in [6, 6.07) is 1.51. The van der Waals surface area contributed by atoms with E-state index in [0.717, 1.165) is 0 Å². The van der Waals surface area contributed by atoms with Gasteiger partial charge < -0.3 is 4.98 Å². The van der Waals surface area contributed by atoms with Gasteiger partial charge in [0.1, 0.15) is 11.9 Å². The number of alkyl halides is 3. The van der Waals surface area contributed by atoms with Crippen molar-refractivity contribution >= 4 is 0 Å². The molecule has 0 spiro atoms. The number of aryl methyl sites for hydroxylation is 1. The number of rotatable bonds is 2. The molecule has 4 nitrogen and oxygen atoms in total. The maximum absolute atomic E-state index is 13.1. The second-order valence-corrected chi connectivity index (χ2v) is 4.25. The van der Waals surface area contributed by atoms with Crippen LogP contribution in [0.3, 0.4) is 0 Å². The lowest BCUT2D eigenvalue weighted by Gasteiger charge is -2.16. The number of hydrogen-bond donors (Lipinski definition) is 1. The van der Waals surface area contributed by atoms with E-state index < -0.39 is 17.3 Å². The third-order valence-corrected chi connectivity index (χ3v) is 2.98. The molecule has 0 atom stereocenters. The highest BCUT2D eigenvalue weighted by atomic mass is 19.4. The lowest BCUT2D eigenvalue weighted by atomic mass is 9.96. The number of hydrogen-bond acceptors (Lipinski definition) is 3. The van der Waals surface area contributed by atoms with Crippen molar-refractivity contribution in [2.45, 2.75) is 26.4 Å². The Bertz CT molecular complexity index is 678. The molecular weight excluding hydrogens is 271 g/mol. The zero-order valence-electron chi connectivity index (χ0n) is 10.9. The van der Waals surface area contributed by atoms with Gasteiger partial charge in [-0.3, -0.25) is 4.79 Å². The molecule has 106 valence electrons. The first-order chi connectivity index (χ1) is 9.36. The van der Waals surface area contributed by atoms with Gasteiger partial charge in [-0.1, -0.05) is 6.92 Å². The molecule has 0 aliphatic rings. The van der Waals surface area contributed by atoms with Crippen LogP contribution in [-0.4, -0.2) is 15.0 Å². The minimum Gasteiger partial charge on any atom is -0.325 e. The molecule has 0 bridgehead atoms. The fourth-order valence-electron chi connectivity index (χ4n) is 2.22. The number of pyridine rings is 1. The van der Waals surface area contributed by atoms with Crippen molar-refractivity contribution < 1.29 is 13.2 Å². The predicted octanol–water partition coefficient (Wildman–Crippen LogP) is 2.72. The number of aromatic amines is 1. The van der Waals surface area contributed by atoms with Crippen molar-refractivity contribution in [1.82, 2.24) is 15.0 Å². The minimum absolute atomic E-state index is 0.0440. The van der Waals surface area contributed by atoms with E-state index in [-0.39, 0.29) is 12.0 Å². The first-order valence-corrected chi connectivity index (χ1v) is 5.95. The average molecular weight is 283 g/mol. The second kappa shape index (κ2) is 5.07. The molecule has 2 aromatic rings. The molecule has 1 N–H and O–H groups in total. The van der Waals surface area contributed by atoms with Crippen LogP contribution in [0, 0.1) is 6.92 Å². The van der Waals surface area contributed by atoms with Crippen LogP contribution in [0.1, 0.15) is 23.7 Å². The zero-order chi connectivity index (χ0) is 14.9. The van der Waals surface area contributed by atoms with Gasteiger partial charge in [-0.15, -0.1) is 0 Å². The summed E-state index contributed by atoms with van der Waals surface area (Å²) in [6.07, 6.45) is -1.92. The molecule has 0 amide bonds. The Balaban J connectivity index is 2.85. The Hall–Kier alpha value is -2.18. The summed E-state index contributed by atoms with van der Waals surface area (Å²) in [5, 5.41) is 0. The molecule has 0 aliphatic carbocycles. The van der Waals surface area contributed by atoms with Crippen LogP contribution in [0.15, 0.2) is 23.4 Å². The normalized spacial score (nSPS) is 11.7. The lowest BCUT2D eigenvalue weighted by molar-refractivity contribution is -0.139. The SMILES string of the molecule is CCc1c(-c2ccncn2)c(C)[nH]c(=O)c1C(F)(F)F. The van der Waals surface area contributed by atoms with Crippen LogP contribution in [0.5, 0.6) is 0 Å². The van der Waals surface area contributed by atoms with Crippen molar-refractivity contribution in [2.75, 3.05) is 0 Å². The van der Waals surface area contributed by atoms with Gasteiger partial charge in [-0.2, -0.15) is 13.2 Å². The molecule has 0 unspecified atom stereocenters. The van der Waals surface area contributed by atoms with Crippen molar-refractivity contribution in [3.63, 3.8) is 0 Å². The number of H-pyrrole nitrogens is 1. The van der Waals surface area contributed by atoms with Crippen molar-refractivity contribution in [3.8, 4) is 11.3 Å². The number of nitrogens with one attached hydrogen (secondary N) is 1. The van der Waals surface area contributed by atoms with E-state index in [1.54, 1.807) is 13.8 Å². The van der Waals surface area contributed by atoms with Crippen LogP contribution >= 0.6 is 0 Å². The maximum Gasteiger partial charge on any atom is 0.421 e. The highest BCUT2D eigenvalue weighted by Crippen LogP contribution is 2.34. The van der Waals surface area contributed by atoms with Gasteiger partial charge in [0, 0.05) is 17.5 Å². The third-order valence-electron chi connectivity index (χ3n) is 2.98. The summed E-state index contributed by atoms with van der Waals surface area (Å²) in [5.74, 6) is 0. The highest BCUT2D eigenvalue weighted by Gasteiger charge is 2.38. The topological polar surface area (TPSA) is 58.6 Å². The Labute approximate surface area is 112 Å². The lowest BCUT2D eigenvalue weighted by Crippen LogP contribution is -2.26. The summed E-state index contributed by atoms with van der Waals surface area (Å²) < 4.78 is 39.2. The standard InChI is InChI=1S/C13H12F3N3O/c1-3-8-10(9-4-5-17-6-18-9)7(2)19-12(20)11(8)13(14,15)16/h4-6H,3H2,1-2H3,(H,19,20). The molecule has 0 fully saturated rings. The average Bonchev–Trinajstić information content (AvgIpc) is 2.37. The van der Waals surface area contributed by atoms with E-state index in [1.807, 2.05) is 0 Å². The van der Waals surface area contributed by atoms with Gasteiger partial charge in [-0.25, -0.2) is 9.97 Å². The zero-order valence-corrected chi connectivity index (χ0v) is 10.9. The first-order valence-electron chi connectivity index (χ1n) is 5.95. The number of aromatic nitrogens is 3. The first kappa shape index (κ1) is 14.2. The Morgan fingerprint density at radius 3 is 2.55 bits per heavy atom. The molecule has 0 aliphatic heterocycles. The largest absolute Gasteiger partial charge is 0.421 e. The molecule has 20 heavy (non-hydrogen) atoms. The molecule has 0 saturated heterocycles. The molecular formula is C13H12F3N3O. The van der Waals surface area contributed by atoms with E-state index in [9.17, 15) is 18.0 Å². The molecule has 0 saturated carbocycles. The molecule has 2 heterocycles. The van der Waals surface area contributed by atoms with E-state index in [4.69, 9.17) is 0 Å². The van der Waals surface area contributed by atoms with Gasteiger partial charge in [0.15, 0.2) is 0 Å². The van der Waals surface area contributed by atoms with Crippen LogP contribution in [-0.2, 0) is 12.6 Å². The quantitative estimate of drug-likeness (QED) is 0.922.